The lowest BCUT2D eigenvalue weighted by Gasteiger charge is -2.14. The molecule has 0 atom stereocenters. The molecule has 0 fully saturated rings. The highest BCUT2D eigenvalue weighted by molar-refractivity contribution is 6.01. The molecule has 0 saturated carbocycles. The lowest BCUT2D eigenvalue weighted by atomic mass is 10.0. The standard InChI is InChI=1S/C31H30N6O2/c1-2-28(38)34-25-13-6-11-23(19-25)30-29(22-9-4-3-5-10-22)36-27-20-24(12-7-14-26(27)35-30)31(39)33-15-8-17-37-18-16-32-21-37/h3-7,9-13,16,18-21H,2,8,14-15,17H2,1H3,(H,33,39)(H,34,38). The van der Waals surface area contributed by atoms with E-state index in [0.717, 1.165) is 35.5 Å². The van der Waals surface area contributed by atoms with E-state index in [4.69, 9.17) is 9.97 Å². The Balaban J connectivity index is 1.45. The van der Waals surface area contributed by atoms with Crippen molar-refractivity contribution in [2.75, 3.05) is 11.9 Å². The molecular formula is C31H30N6O2. The number of anilines is 1. The van der Waals surface area contributed by atoms with Crippen molar-refractivity contribution < 1.29 is 9.59 Å². The average molecular weight is 519 g/mol. The minimum Gasteiger partial charge on any atom is -0.352 e. The predicted molar refractivity (Wildman–Crippen MR) is 152 cm³/mol. The topological polar surface area (TPSA) is 102 Å². The number of rotatable bonds is 9. The van der Waals surface area contributed by atoms with Gasteiger partial charge in [-0.15, -0.1) is 0 Å². The van der Waals surface area contributed by atoms with Crippen molar-refractivity contribution in [3.8, 4) is 22.5 Å². The first-order chi connectivity index (χ1) is 19.1. The normalized spacial score (nSPS) is 12.3. The number of nitrogens with one attached hydrogen (secondary N) is 2. The Bertz CT molecular complexity index is 1520. The SMILES string of the molecule is CCC(=O)Nc1cccc(-c2nc3c(nc2-c2ccccc2)C=C(C(=O)NCCCn2ccnc2)C=CC3)c1. The Labute approximate surface area is 227 Å². The number of nitrogens with zero attached hydrogens (tertiary/aromatic N) is 4. The molecule has 0 aliphatic heterocycles. The van der Waals surface area contributed by atoms with Crippen molar-refractivity contribution in [2.24, 2.45) is 0 Å². The second-order valence-corrected chi connectivity index (χ2v) is 9.22. The van der Waals surface area contributed by atoms with Crippen molar-refractivity contribution in [1.82, 2.24) is 24.8 Å². The minimum absolute atomic E-state index is 0.0498. The van der Waals surface area contributed by atoms with Crippen molar-refractivity contribution in [2.45, 2.75) is 32.7 Å². The number of hydrogen-bond donors (Lipinski definition) is 2. The van der Waals surface area contributed by atoms with Crippen LogP contribution in [0.1, 0.15) is 31.2 Å². The number of imidazole rings is 1. The summed E-state index contributed by atoms with van der Waals surface area (Å²) >= 11 is 0. The third-order valence-electron chi connectivity index (χ3n) is 6.39. The maximum absolute atomic E-state index is 13.0. The number of allylic oxidation sites excluding steroid dienone is 1. The van der Waals surface area contributed by atoms with Gasteiger partial charge in [0.25, 0.3) is 5.91 Å². The van der Waals surface area contributed by atoms with Crippen molar-refractivity contribution in [3.63, 3.8) is 0 Å². The molecule has 2 aromatic heterocycles. The van der Waals surface area contributed by atoms with Crippen molar-refractivity contribution in [3.05, 3.63) is 102 Å². The van der Waals surface area contributed by atoms with E-state index in [-0.39, 0.29) is 11.8 Å². The summed E-state index contributed by atoms with van der Waals surface area (Å²) in [4.78, 5) is 39.1. The fourth-order valence-corrected chi connectivity index (χ4v) is 4.36. The van der Waals surface area contributed by atoms with Gasteiger partial charge in [0.1, 0.15) is 0 Å². The molecule has 0 radical (unpaired) electrons. The smallest absolute Gasteiger partial charge is 0.251 e. The Morgan fingerprint density at radius 1 is 1.00 bits per heavy atom. The van der Waals surface area contributed by atoms with Gasteiger partial charge in [0.15, 0.2) is 0 Å². The van der Waals surface area contributed by atoms with Crippen LogP contribution in [0.3, 0.4) is 0 Å². The second-order valence-electron chi connectivity index (χ2n) is 9.22. The van der Waals surface area contributed by atoms with Crippen LogP contribution in [0.2, 0.25) is 0 Å². The van der Waals surface area contributed by atoms with Crippen LogP contribution in [-0.2, 0) is 22.6 Å². The van der Waals surface area contributed by atoms with Crippen LogP contribution in [0.15, 0.2) is 91.0 Å². The van der Waals surface area contributed by atoms with Gasteiger partial charge in [0.05, 0.1) is 29.1 Å². The molecule has 0 spiro atoms. The summed E-state index contributed by atoms with van der Waals surface area (Å²) in [7, 11) is 0. The molecule has 2 amide bonds. The van der Waals surface area contributed by atoms with Crippen LogP contribution in [-0.4, -0.2) is 37.9 Å². The second kappa shape index (κ2) is 12.1. The lowest BCUT2D eigenvalue weighted by molar-refractivity contribution is -0.117. The van der Waals surface area contributed by atoms with Gasteiger partial charge in [-0.2, -0.15) is 0 Å². The molecule has 0 saturated heterocycles. The van der Waals surface area contributed by atoms with Crippen LogP contribution >= 0.6 is 0 Å². The molecular weight excluding hydrogens is 488 g/mol. The number of aryl methyl sites for hydroxylation is 1. The zero-order chi connectivity index (χ0) is 27.0. The van der Waals surface area contributed by atoms with Crippen LogP contribution in [0, 0.1) is 0 Å². The minimum atomic E-state index is -0.142. The lowest BCUT2D eigenvalue weighted by Crippen LogP contribution is -2.26. The molecule has 196 valence electrons. The van der Waals surface area contributed by atoms with Crippen LogP contribution in [0.4, 0.5) is 5.69 Å². The first-order valence-electron chi connectivity index (χ1n) is 13.1. The molecule has 2 heterocycles. The van der Waals surface area contributed by atoms with Gasteiger partial charge in [-0.3, -0.25) is 9.59 Å². The Morgan fingerprint density at radius 3 is 2.62 bits per heavy atom. The van der Waals surface area contributed by atoms with E-state index in [1.807, 2.05) is 90.5 Å². The largest absolute Gasteiger partial charge is 0.352 e. The van der Waals surface area contributed by atoms with Crippen LogP contribution in [0.5, 0.6) is 0 Å². The third-order valence-corrected chi connectivity index (χ3v) is 6.39. The molecule has 5 rings (SSSR count). The van der Waals surface area contributed by atoms with Crippen molar-refractivity contribution in [1.29, 1.82) is 0 Å². The molecule has 1 aliphatic rings. The number of benzene rings is 2. The molecule has 8 nitrogen and oxygen atoms in total. The summed E-state index contributed by atoms with van der Waals surface area (Å²) in [5.41, 5.74) is 5.92. The summed E-state index contributed by atoms with van der Waals surface area (Å²) in [5.74, 6) is -0.192. The van der Waals surface area contributed by atoms with E-state index in [0.29, 0.717) is 42.0 Å². The number of hydrogen-bond acceptors (Lipinski definition) is 5. The highest BCUT2D eigenvalue weighted by Crippen LogP contribution is 2.32. The van der Waals surface area contributed by atoms with Gasteiger partial charge in [-0.1, -0.05) is 61.5 Å². The Kier molecular flexibility index (Phi) is 8.02. The third kappa shape index (κ3) is 6.35. The fraction of sp³-hybridized carbons (Fsp3) is 0.194. The summed E-state index contributed by atoms with van der Waals surface area (Å²) < 4.78 is 1.99. The van der Waals surface area contributed by atoms with Gasteiger partial charge >= 0.3 is 0 Å². The fourth-order valence-electron chi connectivity index (χ4n) is 4.36. The van der Waals surface area contributed by atoms with Gasteiger partial charge < -0.3 is 15.2 Å². The maximum Gasteiger partial charge on any atom is 0.251 e. The molecule has 39 heavy (non-hydrogen) atoms. The molecule has 8 heteroatoms. The van der Waals surface area contributed by atoms with Gasteiger partial charge in [0.2, 0.25) is 5.91 Å². The van der Waals surface area contributed by atoms with E-state index in [1.54, 1.807) is 12.5 Å². The Hall–Kier alpha value is -4.85. The summed E-state index contributed by atoms with van der Waals surface area (Å²) in [6, 6.07) is 17.5. The molecule has 1 aliphatic carbocycles. The summed E-state index contributed by atoms with van der Waals surface area (Å²) in [6.45, 7) is 3.16. The quantitative estimate of drug-likeness (QED) is 0.302. The first kappa shape index (κ1) is 25.8. The highest BCUT2D eigenvalue weighted by atomic mass is 16.2. The predicted octanol–water partition coefficient (Wildman–Crippen LogP) is 5.06. The number of carbonyl (C=O) groups is 2. The molecule has 0 bridgehead atoms. The zero-order valence-electron chi connectivity index (χ0n) is 21.8. The highest BCUT2D eigenvalue weighted by Gasteiger charge is 2.19. The van der Waals surface area contributed by atoms with Crippen molar-refractivity contribution >= 4 is 23.6 Å². The number of fused-ring (bicyclic) bond motifs is 1. The van der Waals surface area contributed by atoms with E-state index >= 15 is 0 Å². The molecule has 4 aromatic rings. The maximum atomic E-state index is 13.0. The van der Waals surface area contributed by atoms with E-state index < -0.39 is 0 Å². The summed E-state index contributed by atoms with van der Waals surface area (Å²) in [5, 5.41) is 5.93. The number of aromatic nitrogens is 4. The van der Waals surface area contributed by atoms with E-state index in [9.17, 15) is 9.59 Å². The number of amides is 2. The summed E-state index contributed by atoms with van der Waals surface area (Å²) in [6.07, 6.45) is 12.8. The number of carbonyl (C=O) groups excluding carboxylic acids is 2. The first-order valence-corrected chi connectivity index (χ1v) is 13.1. The van der Waals surface area contributed by atoms with Crippen LogP contribution < -0.4 is 10.6 Å². The van der Waals surface area contributed by atoms with E-state index in [2.05, 4.69) is 15.6 Å². The van der Waals surface area contributed by atoms with E-state index in [1.165, 1.54) is 0 Å². The van der Waals surface area contributed by atoms with Crippen LogP contribution in [0.25, 0.3) is 28.6 Å². The zero-order valence-corrected chi connectivity index (χ0v) is 21.8. The van der Waals surface area contributed by atoms with Gasteiger partial charge in [-0.05, 0) is 24.6 Å². The monoisotopic (exact) mass is 518 g/mol. The average Bonchev–Trinajstić information content (AvgIpc) is 3.40. The Morgan fingerprint density at radius 2 is 1.82 bits per heavy atom. The molecule has 0 unspecified atom stereocenters. The molecule has 2 aromatic carbocycles. The van der Waals surface area contributed by atoms with Gasteiger partial charge in [0, 0.05) is 60.7 Å². The van der Waals surface area contributed by atoms with Gasteiger partial charge in [-0.25, -0.2) is 15.0 Å². The molecule has 2 N–H and O–H groups in total.